The summed E-state index contributed by atoms with van der Waals surface area (Å²) in [5, 5.41) is 4.24. The number of nitrogens with zero attached hydrogens (tertiary/aromatic N) is 2. The first-order chi connectivity index (χ1) is 15.6. The zero-order valence-corrected chi connectivity index (χ0v) is 19.1. The third kappa shape index (κ3) is 6.08. The first-order valence-corrected chi connectivity index (χ1v) is 11.7. The standard InChI is InChI=1S/C24H24ClN3O3S/c25-19-6-4-5-17(13-19)14-21-15-26-24(32-21)27-23(30)18-9-11-28(12-10-18)22(29)16-31-20-7-2-1-3-8-20/h1-8,13,15,18H,9-12,14,16H2,(H,26,27,30). The fraction of sp³-hybridized carbons (Fsp3) is 0.292. The Morgan fingerprint density at radius 1 is 1.12 bits per heavy atom. The molecule has 0 atom stereocenters. The number of thiazole rings is 1. The van der Waals surface area contributed by atoms with Gasteiger partial charge in [-0.3, -0.25) is 9.59 Å². The van der Waals surface area contributed by atoms with E-state index in [4.69, 9.17) is 16.3 Å². The van der Waals surface area contributed by atoms with Crippen molar-refractivity contribution in [1.82, 2.24) is 9.88 Å². The summed E-state index contributed by atoms with van der Waals surface area (Å²) in [6, 6.07) is 17.0. The van der Waals surface area contributed by atoms with E-state index in [1.165, 1.54) is 11.3 Å². The van der Waals surface area contributed by atoms with E-state index in [2.05, 4.69) is 10.3 Å². The Morgan fingerprint density at radius 2 is 1.91 bits per heavy atom. The van der Waals surface area contributed by atoms with Gasteiger partial charge < -0.3 is 15.0 Å². The minimum Gasteiger partial charge on any atom is -0.484 e. The van der Waals surface area contributed by atoms with Crippen LogP contribution in [0.25, 0.3) is 0 Å². The summed E-state index contributed by atoms with van der Waals surface area (Å²) in [5.41, 5.74) is 1.10. The lowest BCUT2D eigenvalue weighted by Gasteiger charge is -2.31. The number of amides is 2. The molecule has 1 aliphatic rings. The van der Waals surface area contributed by atoms with Crippen molar-refractivity contribution in [2.24, 2.45) is 5.92 Å². The van der Waals surface area contributed by atoms with E-state index in [9.17, 15) is 9.59 Å². The zero-order valence-electron chi connectivity index (χ0n) is 17.5. The Bertz CT molecular complexity index is 1070. The fourth-order valence-electron chi connectivity index (χ4n) is 3.65. The fourth-order valence-corrected chi connectivity index (χ4v) is 4.71. The summed E-state index contributed by atoms with van der Waals surface area (Å²) in [7, 11) is 0. The maximum Gasteiger partial charge on any atom is 0.260 e. The Balaban J connectivity index is 1.22. The molecule has 1 aliphatic heterocycles. The molecular weight excluding hydrogens is 446 g/mol. The molecule has 0 bridgehead atoms. The summed E-state index contributed by atoms with van der Waals surface area (Å²) in [6.45, 7) is 1.11. The first-order valence-electron chi connectivity index (χ1n) is 10.5. The van der Waals surface area contributed by atoms with Gasteiger partial charge in [-0.1, -0.05) is 41.9 Å². The van der Waals surface area contributed by atoms with Gasteiger partial charge in [-0.2, -0.15) is 0 Å². The number of hydrogen-bond donors (Lipinski definition) is 1. The number of piperidine rings is 1. The van der Waals surface area contributed by atoms with Gasteiger partial charge in [0.2, 0.25) is 5.91 Å². The summed E-state index contributed by atoms with van der Waals surface area (Å²) in [5.74, 6) is 0.447. The molecule has 1 aromatic heterocycles. The van der Waals surface area contributed by atoms with E-state index in [0.717, 1.165) is 16.9 Å². The van der Waals surface area contributed by atoms with Crippen LogP contribution in [-0.4, -0.2) is 41.4 Å². The predicted molar refractivity (Wildman–Crippen MR) is 126 cm³/mol. The highest BCUT2D eigenvalue weighted by molar-refractivity contribution is 7.15. The molecule has 4 rings (SSSR count). The topological polar surface area (TPSA) is 71.5 Å². The molecule has 1 saturated heterocycles. The number of carbonyl (C=O) groups excluding carboxylic acids is 2. The van der Waals surface area contributed by atoms with Gasteiger partial charge in [0.25, 0.3) is 5.91 Å². The highest BCUT2D eigenvalue weighted by Crippen LogP contribution is 2.25. The van der Waals surface area contributed by atoms with E-state index in [1.807, 2.05) is 54.6 Å². The van der Waals surface area contributed by atoms with Crippen LogP contribution in [0.3, 0.4) is 0 Å². The molecule has 0 aliphatic carbocycles. The van der Waals surface area contributed by atoms with E-state index in [1.54, 1.807) is 11.1 Å². The average molecular weight is 470 g/mol. The monoisotopic (exact) mass is 469 g/mol. The molecule has 0 spiro atoms. The van der Waals surface area contributed by atoms with Crippen molar-refractivity contribution in [3.05, 3.63) is 76.3 Å². The second-order valence-corrected chi connectivity index (χ2v) is 9.24. The lowest BCUT2D eigenvalue weighted by molar-refractivity contribution is -0.136. The highest BCUT2D eigenvalue weighted by Gasteiger charge is 2.28. The Kier molecular flexibility index (Phi) is 7.39. The van der Waals surface area contributed by atoms with Crippen molar-refractivity contribution < 1.29 is 14.3 Å². The van der Waals surface area contributed by atoms with Crippen molar-refractivity contribution in [1.29, 1.82) is 0 Å². The van der Waals surface area contributed by atoms with Crippen LogP contribution >= 0.6 is 22.9 Å². The number of para-hydroxylation sites is 1. The van der Waals surface area contributed by atoms with Gasteiger partial charge in [-0.25, -0.2) is 4.98 Å². The average Bonchev–Trinajstić information content (AvgIpc) is 3.24. The molecule has 0 radical (unpaired) electrons. The summed E-state index contributed by atoms with van der Waals surface area (Å²) in [4.78, 5) is 32.2. The van der Waals surface area contributed by atoms with Crippen LogP contribution in [0.5, 0.6) is 5.75 Å². The van der Waals surface area contributed by atoms with Gasteiger partial charge in [0.05, 0.1) is 0 Å². The van der Waals surface area contributed by atoms with Gasteiger partial charge in [0.15, 0.2) is 11.7 Å². The molecule has 32 heavy (non-hydrogen) atoms. The molecule has 0 unspecified atom stereocenters. The van der Waals surface area contributed by atoms with Crippen molar-refractivity contribution >= 4 is 39.9 Å². The lowest BCUT2D eigenvalue weighted by atomic mass is 9.96. The van der Waals surface area contributed by atoms with Crippen LogP contribution in [0.1, 0.15) is 23.3 Å². The number of rotatable bonds is 7. The lowest BCUT2D eigenvalue weighted by Crippen LogP contribution is -2.43. The Morgan fingerprint density at radius 3 is 2.66 bits per heavy atom. The highest BCUT2D eigenvalue weighted by atomic mass is 35.5. The van der Waals surface area contributed by atoms with Gasteiger partial charge in [0, 0.05) is 41.5 Å². The van der Waals surface area contributed by atoms with Crippen molar-refractivity contribution in [3.63, 3.8) is 0 Å². The minimum absolute atomic E-state index is 0.00932. The third-order valence-electron chi connectivity index (χ3n) is 5.38. The molecule has 8 heteroatoms. The molecule has 166 valence electrons. The molecule has 2 heterocycles. The molecule has 1 fully saturated rings. The van der Waals surface area contributed by atoms with E-state index in [-0.39, 0.29) is 24.3 Å². The summed E-state index contributed by atoms with van der Waals surface area (Å²) in [6.07, 6.45) is 3.77. The first kappa shape index (κ1) is 22.3. The second kappa shape index (κ2) is 10.6. The quantitative estimate of drug-likeness (QED) is 0.547. The molecule has 3 aromatic rings. The SMILES string of the molecule is O=C(Nc1ncc(Cc2cccc(Cl)c2)s1)C1CCN(C(=O)COc2ccccc2)CC1. The van der Waals surface area contributed by atoms with Crippen LogP contribution in [-0.2, 0) is 16.0 Å². The number of ether oxygens (including phenoxy) is 1. The smallest absolute Gasteiger partial charge is 0.260 e. The number of hydrogen-bond acceptors (Lipinski definition) is 5. The number of nitrogens with one attached hydrogen (secondary N) is 1. The Hall–Kier alpha value is -2.90. The summed E-state index contributed by atoms with van der Waals surface area (Å²) < 4.78 is 5.54. The summed E-state index contributed by atoms with van der Waals surface area (Å²) >= 11 is 7.51. The van der Waals surface area contributed by atoms with E-state index in [0.29, 0.717) is 41.8 Å². The van der Waals surface area contributed by atoms with Gasteiger partial charge in [0.1, 0.15) is 5.75 Å². The number of aromatic nitrogens is 1. The van der Waals surface area contributed by atoms with Gasteiger partial charge in [-0.05, 0) is 42.7 Å². The molecule has 6 nitrogen and oxygen atoms in total. The van der Waals surface area contributed by atoms with Crippen LogP contribution in [0.2, 0.25) is 5.02 Å². The maximum atomic E-state index is 12.7. The third-order valence-corrected chi connectivity index (χ3v) is 6.52. The van der Waals surface area contributed by atoms with Crippen LogP contribution in [0, 0.1) is 5.92 Å². The molecule has 0 saturated carbocycles. The van der Waals surface area contributed by atoms with Crippen molar-refractivity contribution in [2.45, 2.75) is 19.3 Å². The number of carbonyl (C=O) groups is 2. The molecule has 1 N–H and O–H groups in total. The number of anilines is 1. The minimum atomic E-state index is -0.130. The van der Waals surface area contributed by atoms with E-state index < -0.39 is 0 Å². The van der Waals surface area contributed by atoms with Gasteiger partial charge >= 0.3 is 0 Å². The van der Waals surface area contributed by atoms with Gasteiger partial charge in [-0.15, -0.1) is 11.3 Å². The van der Waals surface area contributed by atoms with E-state index >= 15 is 0 Å². The van der Waals surface area contributed by atoms with Crippen LogP contribution < -0.4 is 10.1 Å². The molecular formula is C24H24ClN3O3S. The largest absolute Gasteiger partial charge is 0.484 e. The van der Waals surface area contributed by atoms with Crippen LogP contribution in [0.4, 0.5) is 5.13 Å². The maximum absolute atomic E-state index is 12.7. The predicted octanol–water partition coefficient (Wildman–Crippen LogP) is 4.64. The van der Waals surface area contributed by atoms with Crippen molar-refractivity contribution in [2.75, 3.05) is 25.0 Å². The van der Waals surface area contributed by atoms with Crippen LogP contribution in [0.15, 0.2) is 60.8 Å². The number of likely N-dealkylation sites (tertiary alicyclic amines) is 1. The number of halogens is 1. The normalized spacial score (nSPS) is 14.2. The second-order valence-electron chi connectivity index (χ2n) is 7.68. The number of benzene rings is 2. The molecule has 2 aromatic carbocycles. The zero-order chi connectivity index (χ0) is 22.3. The molecule has 2 amide bonds. The van der Waals surface area contributed by atoms with Crippen molar-refractivity contribution in [3.8, 4) is 5.75 Å². The Labute approximate surface area is 196 Å².